The second-order valence-corrected chi connectivity index (χ2v) is 14.1. The van der Waals surface area contributed by atoms with Crippen molar-refractivity contribution in [1.29, 1.82) is 0 Å². The lowest BCUT2D eigenvalue weighted by molar-refractivity contribution is -0.137. The number of ether oxygens (including phenoxy) is 1. The Morgan fingerprint density at radius 2 is 1.39 bits per heavy atom. The van der Waals surface area contributed by atoms with Crippen LogP contribution in [0.5, 0.6) is 5.75 Å². The summed E-state index contributed by atoms with van der Waals surface area (Å²) in [5.41, 5.74) is 3.61. The number of hydrogen-bond donors (Lipinski definition) is 2. The predicted octanol–water partition coefficient (Wildman–Crippen LogP) is 6.68. The van der Waals surface area contributed by atoms with Gasteiger partial charge in [0, 0.05) is 49.2 Å². The molecular weight excluding hydrogens is 608 g/mol. The van der Waals surface area contributed by atoms with Gasteiger partial charge in [0.15, 0.2) is 0 Å². The molecule has 2 aliphatic heterocycles. The minimum absolute atomic E-state index is 0.103. The zero-order valence-electron chi connectivity index (χ0n) is 29.0. The molecule has 2 saturated heterocycles. The summed E-state index contributed by atoms with van der Waals surface area (Å²) in [5, 5.41) is 15.6. The van der Waals surface area contributed by atoms with E-state index < -0.39 is 6.10 Å². The fraction of sp³-hybridized carbons (Fsp3) is 0.476. The number of pyridine rings is 1. The number of rotatable bonds is 16. The topological polar surface area (TPSA) is 77.9 Å². The van der Waals surface area contributed by atoms with Crippen molar-refractivity contribution in [1.82, 2.24) is 20.1 Å². The second-order valence-electron chi connectivity index (χ2n) is 14.1. The maximum Gasteiger partial charge on any atom is 0.225 e. The molecule has 4 aromatic rings. The molecule has 7 nitrogen and oxygen atoms in total. The van der Waals surface area contributed by atoms with Crippen molar-refractivity contribution in [3.8, 4) is 5.75 Å². The molecule has 260 valence electrons. The molecule has 3 aromatic carbocycles. The van der Waals surface area contributed by atoms with Crippen LogP contribution in [0, 0.1) is 5.92 Å². The molecule has 2 fully saturated rings. The van der Waals surface area contributed by atoms with Gasteiger partial charge in [-0.05, 0) is 113 Å². The highest BCUT2D eigenvalue weighted by molar-refractivity contribution is 5.84. The third-order valence-electron chi connectivity index (χ3n) is 10.4. The molecule has 7 heteroatoms. The maximum atomic E-state index is 13.9. The van der Waals surface area contributed by atoms with E-state index in [4.69, 9.17) is 4.74 Å². The van der Waals surface area contributed by atoms with E-state index in [1.807, 2.05) is 30.3 Å². The number of aliphatic hydroxyl groups is 1. The van der Waals surface area contributed by atoms with E-state index in [9.17, 15) is 9.90 Å². The van der Waals surface area contributed by atoms with Crippen LogP contribution in [0.15, 0.2) is 97.2 Å². The first-order valence-electron chi connectivity index (χ1n) is 18.6. The molecule has 1 atom stereocenters. The number of nitrogens with one attached hydrogen (secondary N) is 1. The highest BCUT2D eigenvalue weighted by Gasteiger charge is 2.30. The van der Waals surface area contributed by atoms with Gasteiger partial charge < -0.3 is 25.0 Å². The molecule has 6 rings (SSSR count). The van der Waals surface area contributed by atoms with E-state index >= 15 is 0 Å². The number of aromatic nitrogens is 1. The Hall–Kier alpha value is -3.78. The van der Waals surface area contributed by atoms with E-state index in [2.05, 4.69) is 80.8 Å². The Balaban J connectivity index is 0.903. The number of β-amino-alcohol motifs (C(OH)–C–C–N with tert-alkyl or cyclic N) is 1. The molecule has 0 bridgehead atoms. The Morgan fingerprint density at radius 3 is 2.02 bits per heavy atom. The van der Waals surface area contributed by atoms with E-state index in [0.717, 1.165) is 107 Å². The number of likely N-dealkylation sites (tertiary alicyclic amines) is 2. The fourth-order valence-corrected chi connectivity index (χ4v) is 7.66. The molecule has 0 spiro atoms. The van der Waals surface area contributed by atoms with Gasteiger partial charge in [-0.15, -0.1) is 0 Å². The van der Waals surface area contributed by atoms with Crippen molar-refractivity contribution in [3.63, 3.8) is 0 Å². The summed E-state index contributed by atoms with van der Waals surface area (Å²) in [4.78, 5) is 22.8. The van der Waals surface area contributed by atoms with Crippen LogP contribution in [0.4, 0.5) is 0 Å². The predicted molar refractivity (Wildman–Crippen MR) is 198 cm³/mol. The summed E-state index contributed by atoms with van der Waals surface area (Å²) in [6.45, 7) is 4.53. The van der Waals surface area contributed by atoms with E-state index in [0.29, 0.717) is 24.5 Å². The summed E-state index contributed by atoms with van der Waals surface area (Å²) in [5.74, 6) is 1.24. The second kappa shape index (κ2) is 18.3. The summed E-state index contributed by atoms with van der Waals surface area (Å²) >= 11 is 0. The number of carbonyl (C=O) groups excluding carboxylic acids is 1. The number of carbonyl (C=O) groups is 1. The van der Waals surface area contributed by atoms with Crippen molar-refractivity contribution in [2.24, 2.45) is 5.92 Å². The van der Waals surface area contributed by atoms with Gasteiger partial charge in [-0.3, -0.25) is 9.78 Å². The number of amides is 1. The Labute approximate surface area is 292 Å². The van der Waals surface area contributed by atoms with Gasteiger partial charge in [0.2, 0.25) is 5.91 Å². The molecule has 3 heterocycles. The number of piperidine rings is 2. The van der Waals surface area contributed by atoms with E-state index in [-0.39, 0.29) is 12.5 Å². The number of aliphatic hydroxyl groups excluding tert-OH is 1. The molecule has 49 heavy (non-hydrogen) atoms. The Morgan fingerprint density at radius 1 is 0.776 bits per heavy atom. The minimum atomic E-state index is -0.543. The molecule has 0 unspecified atom stereocenters. The van der Waals surface area contributed by atoms with Crippen LogP contribution in [0.1, 0.15) is 62.5 Å². The normalized spacial score (nSPS) is 17.1. The maximum absolute atomic E-state index is 13.9. The summed E-state index contributed by atoms with van der Waals surface area (Å²) < 4.78 is 6.00. The number of hydrogen-bond acceptors (Lipinski definition) is 6. The van der Waals surface area contributed by atoms with Gasteiger partial charge in [-0.25, -0.2) is 0 Å². The van der Waals surface area contributed by atoms with Gasteiger partial charge in [0.1, 0.15) is 18.5 Å². The molecule has 1 amide bonds. The van der Waals surface area contributed by atoms with Crippen molar-refractivity contribution in [2.45, 2.75) is 82.4 Å². The lowest BCUT2D eigenvalue weighted by atomic mass is 9.91. The van der Waals surface area contributed by atoms with Crippen LogP contribution in [-0.4, -0.2) is 83.3 Å². The molecule has 1 aromatic heterocycles. The van der Waals surface area contributed by atoms with Crippen LogP contribution in [-0.2, 0) is 17.6 Å². The van der Waals surface area contributed by atoms with E-state index in [1.54, 1.807) is 6.20 Å². The number of fused-ring (bicyclic) bond motifs is 1. The lowest BCUT2D eigenvalue weighted by Gasteiger charge is -2.39. The van der Waals surface area contributed by atoms with Gasteiger partial charge in [-0.2, -0.15) is 0 Å². The average molecular weight is 663 g/mol. The first kappa shape index (κ1) is 35.1. The minimum Gasteiger partial charge on any atom is -0.490 e. The smallest absolute Gasteiger partial charge is 0.225 e. The van der Waals surface area contributed by atoms with Crippen molar-refractivity contribution in [3.05, 3.63) is 108 Å². The van der Waals surface area contributed by atoms with Gasteiger partial charge in [0.25, 0.3) is 0 Å². The SMILES string of the molecule is O=C(C(CCCc1ccccc1)CCCc1ccccc1)N1CCC(NC2CCN(C[C@@H](O)COc3cccc4ncccc34)CC2)CC1. The third kappa shape index (κ3) is 10.6. The Bertz CT molecular complexity index is 1500. The molecule has 2 aliphatic rings. The first-order chi connectivity index (χ1) is 24.1. The van der Waals surface area contributed by atoms with Crippen LogP contribution < -0.4 is 10.1 Å². The number of aryl methyl sites for hydroxylation is 2. The highest BCUT2D eigenvalue weighted by atomic mass is 16.5. The number of benzene rings is 3. The van der Waals surface area contributed by atoms with Gasteiger partial charge in [0.05, 0.1) is 5.52 Å². The standard InChI is InChI=1S/C42H54N4O3/c47-38(32-49-41-21-9-20-40-39(41)19-10-26-43-40)31-45-27-22-36(23-28-45)44-37-24-29-46(30-25-37)42(48)35(17-7-15-33-11-3-1-4-12-33)18-8-16-34-13-5-2-6-14-34/h1-6,9-14,19-21,26,35-38,44,47H,7-8,15-18,22-25,27-32H2/t38-/m1/s1. The molecular formula is C42H54N4O3. The lowest BCUT2D eigenvalue weighted by Crippen LogP contribution is -2.52. The zero-order chi connectivity index (χ0) is 33.7. The monoisotopic (exact) mass is 662 g/mol. The third-order valence-corrected chi connectivity index (χ3v) is 10.4. The van der Waals surface area contributed by atoms with Crippen molar-refractivity contribution < 1.29 is 14.6 Å². The zero-order valence-corrected chi connectivity index (χ0v) is 29.0. The number of nitrogens with zero attached hydrogens (tertiary/aromatic N) is 3. The van der Waals surface area contributed by atoms with Crippen LogP contribution >= 0.6 is 0 Å². The van der Waals surface area contributed by atoms with Crippen LogP contribution in [0.25, 0.3) is 10.9 Å². The summed E-state index contributed by atoms with van der Waals surface area (Å²) in [6.07, 6.45) is 11.5. The molecule has 2 N–H and O–H groups in total. The van der Waals surface area contributed by atoms with E-state index in [1.165, 1.54) is 11.1 Å². The quantitative estimate of drug-likeness (QED) is 0.139. The molecule has 0 radical (unpaired) electrons. The largest absolute Gasteiger partial charge is 0.490 e. The fourth-order valence-electron chi connectivity index (χ4n) is 7.66. The van der Waals surface area contributed by atoms with Crippen LogP contribution in [0.2, 0.25) is 0 Å². The van der Waals surface area contributed by atoms with Gasteiger partial charge >= 0.3 is 0 Å². The Kier molecular flexibility index (Phi) is 13.1. The highest BCUT2D eigenvalue weighted by Crippen LogP contribution is 2.25. The summed E-state index contributed by atoms with van der Waals surface area (Å²) in [6, 6.07) is 32.0. The van der Waals surface area contributed by atoms with Crippen molar-refractivity contribution >= 4 is 16.8 Å². The van der Waals surface area contributed by atoms with Crippen molar-refractivity contribution in [2.75, 3.05) is 39.3 Å². The molecule has 0 aliphatic carbocycles. The average Bonchev–Trinajstić information content (AvgIpc) is 3.15. The van der Waals surface area contributed by atoms with Crippen LogP contribution in [0.3, 0.4) is 0 Å². The molecule has 0 saturated carbocycles. The summed E-state index contributed by atoms with van der Waals surface area (Å²) in [7, 11) is 0. The first-order valence-corrected chi connectivity index (χ1v) is 18.6. The van der Waals surface area contributed by atoms with Gasteiger partial charge in [-0.1, -0.05) is 66.7 Å².